The molecule has 0 amide bonds. The van der Waals surface area contributed by atoms with Gasteiger partial charge in [-0.05, 0) is 18.1 Å². The summed E-state index contributed by atoms with van der Waals surface area (Å²) in [6.45, 7) is 7.55. The van der Waals surface area contributed by atoms with Gasteiger partial charge in [-0.3, -0.25) is 4.90 Å². The summed E-state index contributed by atoms with van der Waals surface area (Å²) in [7, 11) is 2.06. The fraction of sp³-hybridized carbons (Fsp3) is 0.438. The summed E-state index contributed by atoms with van der Waals surface area (Å²) in [4.78, 5) is 9.33. The maximum Gasteiger partial charge on any atom is 0.205 e. The number of hydrogen-bond donors (Lipinski definition) is 0. The number of nitrogens with zero attached hydrogens (tertiary/aromatic N) is 4. The molecule has 0 N–H and O–H groups in total. The lowest BCUT2D eigenvalue weighted by Gasteiger charge is -2.35. The van der Waals surface area contributed by atoms with Crippen molar-refractivity contribution in [1.29, 1.82) is 0 Å². The Morgan fingerprint density at radius 1 is 1.10 bits per heavy atom. The lowest BCUT2D eigenvalue weighted by molar-refractivity contribution is 0.248. The highest BCUT2D eigenvalue weighted by Crippen LogP contribution is 2.16. The monoisotopic (exact) mass is 270 g/mol. The van der Waals surface area contributed by atoms with Gasteiger partial charge in [-0.25, -0.2) is 4.98 Å². The quantitative estimate of drug-likeness (QED) is 0.853. The second kappa shape index (κ2) is 5.67. The Balaban J connectivity index is 1.59. The molecule has 1 saturated heterocycles. The van der Waals surface area contributed by atoms with Crippen molar-refractivity contribution in [2.45, 2.75) is 13.5 Å². The van der Waals surface area contributed by atoms with Crippen LogP contribution in [0, 0.1) is 6.92 Å². The molecule has 4 heteroatoms. The summed E-state index contributed by atoms with van der Waals surface area (Å²) in [6.07, 6.45) is 3.88. The molecule has 1 fully saturated rings. The van der Waals surface area contributed by atoms with Gasteiger partial charge in [0.25, 0.3) is 0 Å². The van der Waals surface area contributed by atoms with Crippen LogP contribution < -0.4 is 4.90 Å². The summed E-state index contributed by atoms with van der Waals surface area (Å²) >= 11 is 0. The van der Waals surface area contributed by atoms with Crippen molar-refractivity contribution in [3.63, 3.8) is 0 Å². The average Bonchev–Trinajstić information content (AvgIpc) is 2.89. The van der Waals surface area contributed by atoms with Crippen LogP contribution >= 0.6 is 0 Å². The predicted molar refractivity (Wildman–Crippen MR) is 81.9 cm³/mol. The zero-order valence-electron chi connectivity index (χ0n) is 12.3. The molecular weight excluding hydrogens is 248 g/mol. The standard InChI is InChI=1S/C16H22N4/c1-14-5-3-4-6-15(14)13-19-9-11-20(12-10-19)16-17-7-8-18(16)2/h3-8H,9-13H2,1-2H3. The fourth-order valence-corrected chi connectivity index (χ4v) is 2.80. The highest BCUT2D eigenvalue weighted by molar-refractivity contribution is 5.32. The van der Waals surface area contributed by atoms with Crippen molar-refractivity contribution in [2.75, 3.05) is 31.1 Å². The minimum Gasteiger partial charge on any atom is -0.340 e. The van der Waals surface area contributed by atoms with Gasteiger partial charge in [-0.1, -0.05) is 24.3 Å². The van der Waals surface area contributed by atoms with Crippen molar-refractivity contribution in [1.82, 2.24) is 14.5 Å². The molecule has 106 valence electrons. The van der Waals surface area contributed by atoms with Crippen LogP contribution in [0.4, 0.5) is 5.95 Å². The lowest BCUT2D eigenvalue weighted by atomic mass is 10.1. The van der Waals surface area contributed by atoms with Crippen LogP contribution in [0.25, 0.3) is 0 Å². The molecule has 2 heterocycles. The van der Waals surface area contributed by atoms with Crippen molar-refractivity contribution in [3.8, 4) is 0 Å². The molecular formula is C16H22N4. The second-order valence-electron chi connectivity index (χ2n) is 5.53. The van der Waals surface area contributed by atoms with E-state index < -0.39 is 0 Å². The number of aryl methyl sites for hydroxylation is 2. The number of imidazole rings is 1. The van der Waals surface area contributed by atoms with E-state index in [4.69, 9.17) is 0 Å². The highest BCUT2D eigenvalue weighted by Gasteiger charge is 2.19. The van der Waals surface area contributed by atoms with Crippen molar-refractivity contribution in [2.24, 2.45) is 7.05 Å². The van der Waals surface area contributed by atoms with E-state index in [1.165, 1.54) is 11.1 Å². The van der Waals surface area contributed by atoms with E-state index in [-0.39, 0.29) is 0 Å². The molecule has 0 bridgehead atoms. The van der Waals surface area contributed by atoms with Crippen LogP contribution in [-0.4, -0.2) is 40.6 Å². The van der Waals surface area contributed by atoms with E-state index >= 15 is 0 Å². The van der Waals surface area contributed by atoms with Gasteiger partial charge in [0.05, 0.1) is 0 Å². The van der Waals surface area contributed by atoms with Crippen LogP contribution in [0.5, 0.6) is 0 Å². The van der Waals surface area contributed by atoms with Crippen LogP contribution in [0.3, 0.4) is 0 Å². The van der Waals surface area contributed by atoms with Gasteiger partial charge in [0.2, 0.25) is 5.95 Å². The number of benzene rings is 1. The summed E-state index contributed by atoms with van der Waals surface area (Å²) in [5, 5.41) is 0. The second-order valence-corrected chi connectivity index (χ2v) is 5.53. The molecule has 0 spiro atoms. The Morgan fingerprint density at radius 2 is 1.85 bits per heavy atom. The Kier molecular flexibility index (Phi) is 3.74. The third-order valence-electron chi connectivity index (χ3n) is 4.11. The van der Waals surface area contributed by atoms with E-state index in [0.717, 1.165) is 38.7 Å². The molecule has 0 unspecified atom stereocenters. The molecule has 1 aliphatic heterocycles. The predicted octanol–water partition coefficient (Wildman–Crippen LogP) is 2.05. The zero-order chi connectivity index (χ0) is 13.9. The first-order valence-electron chi connectivity index (χ1n) is 7.23. The van der Waals surface area contributed by atoms with E-state index in [9.17, 15) is 0 Å². The molecule has 0 radical (unpaired) electrons. The fourth-order valence-electron chi connectivity index (χ4n) is 2.80. The maximum atomic E-state index is 4.43. The summed E-state index contributed by atoms with van der Waals surface area (Å²) in [6, 6.07) is 8.67. The first kappa shape index (κ1) is 13.2. The number of aromatic nitrogens is 2. The van der Waals surface area contributed by atoms with Crippen molar-refractivity contribution in [3.05, 3.63) is 47.8 Å². The first-order valence-corrected chi connectivity index (χ1v) is 7.23. The highest BCUT2D eigenvalue weighted by atomic mass is 15.3. The molecule has 3 rings (SSSR count). The Hall–Kier alpha value is -1.81. The van der Waals surface area contributed by atoms with Crippen LogP contribution in [-0.2, 0) is 13.6 Å². The third-order valence-corrected chi connectivity index (χ3v) is 4.11. The van der Waals surface area contributed by atoms with Gasteiger partial charge >= 0.3 is 0 Å². The van der Waals surface area contributed by atoms with Crippen molar-refractivity contribution >= 4 is 5.95 Å². The van der Waals surface area contributed by atoms with Crippen LogP contribution in [0.2, 0.25) is 0 Å². The van der Waals surface area contributed by atoms with Crippen LogP contribution in [0.1, 0.15) is 11.1 Å². The Labute approximate surface area is 120 Å². The molecule has 1 aromatic carbocycles. The SMILES string of the molecule is Cc1ccccc1CN1CCN(c2nccn2C)CC1. The molecule has 0 atom stereocenters. The minimum absolute atomic E-state index is 1.05. The summed E-state index contributed by atoms with van der Waals surface area (Å²) in [5.74, 6) is 1.08. The minimum atomic E-state index is 1.05. The van der Waals surface area contributed by atoms with Gasteiger partial charge in [0, 0.05) is 52.2 Å². The number of piperazine rings is 1. The smallest absolute Gasteiger partial charge is 0.205 e. The van der Waals surface area contributed by atoms with E-state index in [1.807, 2.05) is 12.4 Å². The normalized spacial score (nSPS) is 16.6. The Morgan fingerprint density at radius 3 is 2.50 bits per heavy atom. The lowest BCUT2D eigenvalue weighted by Crippen LogP contribution is -2.46. The van der Waals surface area contributed by atoms with Crippen LogP contribution in [0.15, 0.2) is 36.7 Å². The van der Waals surface area contributed by atoms with E-state index in [0.29, 0.717) is 0 Å². The molecule has 4 nitrogen and oxygen atoms in total. The molecule has 1 aliphatic rings. The topological polar surface area (TPSA) is 24.3 Å². The van der Waals surface area contributed by atoms with Crippen molar-refractivity contribution < 1.29 is 0 Å². The molecule has 1 aromatic heterocycles. The molecule has 20 heavy (non-hydrogen) atoms. The average molecular weight is 270 g/mol. The molecule has 2 aromatic rings. The number of rotatable bonds is 3. The summed E-state index contributed by atoms with van der Waals surface area (Å²) < 4.78 is 2.09. The number of hydrogen-bond acceptors (Lipinski definition) is 3. The summed E-state index contributed by atoms with van der Waals surface area (Å²) in [5.41, 5.74) is 2.83. The molecule has 0 aliphatic carbocycles. The van der Waals surface area contributed by atoms with Gasteiger partial charge in [0.15, 0.2) is 0 Å². The Bertz CT molecular complexity index is 567. The van der Waals surface area contributed by atoms with Gasteiger partial charge in [0.1, 0.15) is 0 Å². The maximum absolute atomic E-state index is 4.43. The third kappa shape index (κ3) is 2.70. The van der Waals surface area contributed by atoms with E-state index in [2.05, 4.69) is 57.6 Å². The first-order chi connectivity index (χ1) is 9.74. The largest absolute Gasteiger partial charge is 0.340 e. The molecule has 0 saturated carbocycles. The van der Waals surface area contributed by atoms with Gasteiger partial charge in [-0.15, -0.1) is 0 Å². The number of anilines is 1. The van der Waals surface area contributed by atoms with E-state index in [1.54, 1.807) is 0 Å². The van der Waals surface area contributed by atoms with Gasteiger partial charge < -0.3 is 9.47 Å². The zero-order valence-corrected chi connectivity index (χ0v) is 12.3. The van der Waals surface area contributed by atoms with Gasteiger partial charge in [-0.2, -0.15) is 0 Å².